The number of ether oxygens (including phenoxy) is 1. The molecule has 9 heteroatoms. The number of piperazine rings is 1. The van der Waals surface area contributed by atoms with Gasteiger partial charge in [0.05, 0.1) is 24.9 Å². The summed E-state index contributed by atoms with van der Waals surface area (Å²) >= 11 is 0. The smallest absolute Gasteiger partial charge is 0.266 e. The molecule has 1 saturated heterocycles. The number of rotatable bonds is 5. The van der Waals surface area contributed by atoms with Crippen LogP contribution < -0.4 is 15.9 Å². The highest BCUT2D eigenvalue weighted by Gasteiger charge is 2.25. The Kier molecular flexibility index (Phi) is 6.64. The molecule has 0 aromatic carbocycles. The zero-order valence-corrected chi connectivity index (χ0v) is 18.9. The second-order valence-corrected chi connectivity index (χ2v) is 8.87. The standard InChI is InChI=1S/C22H31N5O4/c1-22(2,3)18-6-7-19(28)27(23-18)13-10-25-8-11-26(12-9-25)21(30)16-15-24(4)20(29)14-17(16)31-5/h6-7,14-15H,8-13H2,1-5H3. The molecule has 3 heterocycles. The maximum absolute atomic E-state index is 13.0. The van der Waals surface area contributed by atoms with Crippen molar-refractivity contribution in [2.45, 2.75) is 32.7 Å². The molecule has 0 radical (unpaired) electrons. The highest BCUT2D eigenvalue weighted by Crippen LogP contribution is 2.19. The van der Waals surface area contributed by atoms with Crippen molar-refractivity contribution in [3.8, 4) is 5.75 Å². The molecule has 1 aliphatic heterocycles. The molecule has 0 bridgehead atoms. The Hall–Kier alpha value is -2.94. The number of aryl methyl sites for hydroxylation is 1. The van der Waals surface area contributed by atoms with Crippen molar-refractivity contribution < 1.29 is 9.53 Å². The van der Waals surface area contributed by atoms with Crippen molar-refractivity contribution >= 4 is 5.91 Å². The van der Waals surface area contributed by atoms with Gasteiger partial charge in [-0.3, -0.25) is 19.3 Å². The predicted molar refractivity (Wildman–Crippen MR) is 118 cm³/mol. The van der Waals surface area contributed by atoms with E-state index in [-0.39, 0.29) is 22.4 Å². The first-order valence-corrected chi connectivity index (χ1v) is 10.4. The number of aromatic nitrogens is 3. The number of pyridine rings is 1. The monoisotopic (exact) mass is 429 g/mol. The number of methoxy groups -OCH3 is 1. The van der Waals surface area contributed by atoms with Gasteiger partial charge in [-0.05, 0) is 6.07 Å². The van der Waals surface area contributed by atoms with Crippen LogP contribution in [0.25, 0.3) is 0 Å². The second-order valence-electron chi connectivity index (χ2n) is 8.87. The molecule has 2 aromatic heterocycles. The molecule has 2 aromatic rings. The van der Waals surface area contributed by atoms with Gasteiger partial charge in [0.1, 0.15) is 5.75 Å². The van der Waals surface area contributed by atoms with E-state index in [4.69, 9.17) is 4.74 Å². The zero-order valence-electron chi connectivity index (χ0n) is 18.9. The minimum Gasteiger partial charge on any atom is -0.496 e. The van der Waals surface area contributed by atoms with Crippen LogP contribution in [-0.2, 0) is 19.0 Å². The van der Waals surface area contributed by atoms with Crippen molar-refractivity contribution in [1.82, 2.24) is 24.1 Å². The van der Waals surface area contributed by atoms with Crippen LogP contribution in [0.15, 0.2) is 34.0 Å². The van der Waals surface area contributed by atoms with Crippen LogP contribution >= 0.6 is 0 Å². The van der Waals surface area contributed by atoms with E-state index in [1.54, 1.807) is 24.1 Å². The number of hydrogen-bond donors (Lipinski definition) is 0. The summed E-state index contributed by atoms with van der Waals surface area (Å²) in [5.41, 5.74) is 0.811. The lowest BCUT2D eigenvalue weighted by Crippen LogP contribution is -2.49. The Morgan fingerprint density at radius 2 is 1.74 bits per heavy atom. The first-order chi connectivity index (χ1) is 14.6. The van der Waals surface area contributed by atoms with Crippen LogP contribution in [0.5, 0.6) is 5.75 Å². The van der Waals surface area contributed by atoms with Crippen LogP contribution in [0.3, 0.4) is 0 Å². The molecule has 3 rings (SSSR count). The van der Waals surface area contributed by atoms with Crippen molar-refractivity contribution in [1.29, 1.82) is 0 Å². The third kappa shape index (κ3) is 5.22. The lowest BCUT2D eigenvalue weighted by atomic mass is 9.92. The SMILES string of the molecule is COc1cc(=O)n(C)cc1C(=O)N1CCN(CCn2nc(C(C)(C)C)ccc2=O)CC1. The summed E-state index contributed by atoms with van der Waals surface area (Å²) < 4.78 is 8.13. The molecule has 0 unspecified atom stereocenters. The van der Waals surface area contributed by atoms with E-state index in [9.17, 15) is 14.4 Å². The first-order valence-electron chi connectivity index (χ1n) is 10.4. The molecule has 9 nitrogen and oxygen atoms in total. The number of nitrogens with zero attached hydrogens (tertiary/aromatic N) is 5. The highest BCUT2D eigenvalue weighted by molar-refractivity contribution is 5.96. The van der Waals surface area contributed by atoms with Gasteiger partial charge in [0.15, 0.2) is 0 Å². The maximum atomic E-state index is 13.0. The van der Waals surface area contributed by atoms with Gasteiger partial charge in [-0.25, -0.2) is 4.68 Å². The lowest BCUT2D eigenvalue weighted by molar-refractivity contribution is 0.0627. The fourth-order valence-corrected chi connectivity index (χ4v) is 3.53. The lowest BCUT2D eigenvalue weighted by Gasteiger charge is -2.35. The number of carbonyl (C=O) groups is 1. The van der Waals surface area contributed by atoms with E-state index in [2.05, 4.69) is 30.8 Å². The first kappa shape index (κ1) is 22.7. The molecule has 1 aliphatic rings. The Bertz CT molecular complexity index is 1060. The van der Waals surface area contributed by atoms with Gasteiger partial charge in [-0.1, -0.05) is 20.8 Å². The largest absolute Gasteiger partial charge is 0.496 e. The third-order valence-electron chi connectivity index (χ3n) is 5.56. The second kappa shape index (κ2) is 9.05. The fraction of sp³-hybridized carbons (Fsp3) is 0.545. The predicted octanol–water partition coefficient (Wildman–Crippen LogP) is 0.706. The Balaban J connectivity index is 1.61. The van der Waals surface area contributed by atoms with Crippen LogP contribution in [0.1, 0.15) is 36.8 Å². The molecule has 1 amide bonds. The van der Waals surface area contributed by atoms with E-state index in [0.717, 1.165) is 5.69 Å². The molecule has 1 fully saturated rings. The normalized spacial score (nSPS) is 15.2. The van der Waals surface area contributed by atoms with Gasteiger partial charge in [0.25, 0.3) is 17.0 Å². The van der Waals surface area contributed by atoms with Crippen molar-refractivity contribution in [2.75, 3.05) is 39.8 Å². The molecule has 168 valence electrons. The minimum atomic E-state index is -0.224. The summed E-state index contributed by atoms with van der Waals surface area (Å²) in [5.74, 6) is 0.141. The van der Waals surface area contributed by atoms with E-state index < -0.39 is 0 Å². The molecule has 0 saturated carbocycles. The van der Waals surface area contributed by atoms with E-state index >= 15 is 0 Å². The molecule has 0 spiro atoms. The summed E-state index contributed by atoms with van der Waals surface area (Å²) in [5, 5.41) is 4.52. The van der Waals surface area contributed by atoms with Gasteiger partial charge in [0, 0.05) is 63.5 Å². The molecule has 31 heavy (non-hydrogen) atoms. The summed E-state index contributed by atoms with van der Waals surface area (Å²) in [6.45, 7) is 9.93. The Labute approximate surface area is 181 Å². The molecule has 0 aliphatic carbocycles. The molecular formula is C22H31N5O4. The number of hydrogen-bond acceptors (Lipinski definition) is 6. The van der Waals surface area contributed by atoms with Crippen LogP contribution in [-0.4, -0.2) is 69.9 Å². The van der Waals surface area contributed by atoms with Gasteiger partial charge in [-0.15, -0.1) is 0 Å². The summed E-state index contributed by atoms with van der Waals surface area (Å²) in [4.78, 5) is 40.9. The third-order valence-corrected chi connectivity index (χ3v) is 5.56. The number of amides is 1. The average molecular weight is 430 g/mol. The van der Waals surface area contributed by atoms with E-state index in [0.29, 0.717) is 50.6 Å². The fourth-order valence-electron chi connectivity index (χ4n) is 3.53. The Morgan fingerprint density at radius 3 is 2.35 bits per heavy atom. The van der Waals surface area contributed by atoms with Crippen molar-refractivity contribution in [2.24, 2.45) is 7.05 Å². The summed E-state index contributed by atoms with van der Waals surface area (Å²) in [6.07, 6.45) is 1.52. The quantitative estimate of drug-likeness (QED) is 0.695. The van der Waals surface area contributed by atoms with Gasteiger partial charge in [0.2, 0.25) is 0 Å². The van der Waals surface area contributed by atoms with Gasteiger partial charge >= 0.3 is 0 Å². The number of carbonyl (C=O) groups excluding carboxylic acids is 1. The highest BCUT2D eigenvalue weighted by atomic mass is 16.5. The van der Waals surface area contributed by atoms with E-state index in [1.165, 1.54) is 28.6 Å². The zero-order chi connectivity index (χ0) is 22.8. The van der Waals surface area contributed by atoms with Crippen LogP contribution in [0, 0.1) is 0 Å². The summed E-state index contributed by atoms with van der Waals surface area (Å²) in [7, 11) is 3.06. The average Bonchev–Trinajstić information content (AvgIpc) is 2.73. The molecular weight excluding hydrogens is 398 g/mol. The molecule has 0 N–H and O–H groups in total. The van der Waals surface area contributed by atoms with Crippen molar-refractivity contribution in [3.63, 3.8) is 0 Å². The van der Waals surface area contributed by atoms with E-state index in [1.807, 2.05) is 0 Å². The van der Waals surface area contributed by atoms with Crippen LogP contribution in [0.2, 0.25) is 0 Å². The molecule has 0 atom stereocenters. The van der Waals surface area contributed by atoms with Crippen LogP contribution in [0.4, 0.5) is 0 Å². The summed E-state index contributed by atoms with van der Waals surface area (Å²) in [6, 6.07) is 4.70. The Morgan fingerprint density at radius 1 is 1.06 bits per heavy atom. The van der Waals surface area contributed by atoms with Gasteiger partial charge in [-0.2, -0.15) is 5.10 Å². The maximum Gasteiger partial charge on any atom is 0.266 e. The van der Waals surface area contributed by atoms with Crippen molar-refractivity contribution in [3.05, 3.63) is 56.4 Å². The minimum absolute atomic E-state index is 0.108. The topological polar surface area (TPSA) is 89.7 Å². The van der Waals surface area contributed by atoms with Gasteiger partial charge < -0.3 is 14.2 Å².